The van der Waals surface area contributed by atoms with E-state index in [0.29, 0.717) is 16.1 Å². The van der Waals surface area contributed by atoms with Crippen molar-refractivity contribution in [3.63, 3.8) is 0 Å². The van der Waals surface area contributed by atoms with Crippen LogP contribution in [-0.4, -0.2) is 47.8 Å². The summed E-state index contributed by atoms with van der Waals surface area (Å²) in [5.74, 6) is -1.72. The molecule has 8 heteroatoms. The van der Waals surface area contributed by atoms with Gasteiger partial charge in [0.05, 0.1) is 16.1 Å². The van der Waals surface area contributed by atoms with Crippen LogP contribution in [0.4, 0.5) is 5.69 Å². The highest BCUT2D eigenvalue weighted by Crippen LogP contribution is 2.44. The van der Waals surface area contributed by atoms with Gasteiger partial charge in [-0.15, -0.1) is 11.3 Å². The molecule has 2 aliphatic rings. The third-order valence-electron chi connectivity index (χ3n) is 5.00. The third kappa shape index (κ3) is 2.48. The van der Waals surface area contributed by atoms with Gasteiger partial charge in [-0.1, -0.05) is 18.2 Å². The van der Waals surface area contributed by atoms with Gasteiger partial charge in [-0.3, -0.25) is 19.3 Å². The molecule has 1 saturated heterocycles. The van der Waals surface area contributed by atoms with Crippen molar-refractivity contribution in [3.8, 4) is 0 Å². The highest BCUT2D eigenvalue weighted by molar-refractivity contribution is 7.12. The summed E-state index contributed by atoms with van der Waals surface area (Å²) in [6.45, 7) is -0.438. The fourth-order valence-corrected chi connectivity index (χ4v) is 4.30. The van der Waals surface area contributed by atoms with Crippen LogP contribution in [0.25, 0.3) is 0 Å². The van der Waals surface area contributed by atoms with Gasteiger partial charge < -0.3 is 9.64 Å². The summed E-state index contributed by atoms with van der Waals surface area (Å²) in [6, 6.07) is 10.1. The number of ether oxygens (including phenoxy) is 1. The standard InChI is InChI=1S/C19H16N2O5S/c1-20-17(24)12-5-2-3-6-13(12)21-16(23)8-9-19(20,21)18(25)26-11-14(22)15-7-4-10-27-15/h2-7,10H,8-9,11H2,1H3/t19-/m1/s1. The van der Waals surface area contributed by atoms with Crippen LogP contribution in [0.2, 0.25) is 0 Å². The van der Waals surface area contributed by atoms with E-state index in [1.165, 1.54) is 28.2 Å². The number of ketones is 1. The molecule has 7 nitrogen and oxygen atoms in total. The van der Waals surface area contributed by atoms with E-state index in [4.69, 9.17) is 4.74 Å². The predicted octanol–water partition coefficient (Wildman–Crippen LogP) is 2.08. The van der Waals surface area contributed by atoms with Crippen LogP contribution in [0.5, 0.6) is 0 Å². The Labute approximate surface area is 159 Å². The number of nitrogens with zero attached hydrogens (tertiary/aromatic N) is 2. The van der Waals surface area contributed by atoms with E-state index in [9.17, 15) is 19.2 Å². The monoisotopic (exact) mass is 384 g/mol. The smallest absolute Gasteiger partial charge is 0.354 e. The molecule has 0 aliphatic carbocycles. The third-order valence-corrected chi connectivity index (χ3v) is 5.91. The second-order valence-electron chi connectivity index (χ2n) is 6.40. The fourth-order valence-electron chi connectivity index (χ4n) is 3.65. The molecule has 27 heavy (non-hydrogen) atoms. The van der Waals surface area contributed by atoms with E-state index in [1.807, 2.05) is 0 Å². The van der Waals surface area contributed by atoms with Crippen molar-refractivity contribution in [1.82, 2.24) is 4.90 Å². The molecule has 3 heterocycles. The SMILES string of the molecule is CN1C(=O)c2ccccc2N2C(=O)CC[C@@]12C(=O)OCC(=O)c1cccs1. The summed E-state index contributed by atoms with van der Waals surface area (Å²) in [5, 5.41) is 1.76. The zero-order valence-electron chi connectivity index (χ0n) is 14.5. The predicted molar refractivity (Wildman–Crippen MR) is 97.6 cm³/mol. The van der Waals surface area contributed by atoms with Gasteiger partial charge >= 0.3 is 5.97 Å². The van der Waals surface area contributed by atoms with Crippen molar-refractivity contribution in [1.29, 1.82) is 0 Å². The van der Waals surface area contributed by atoms with Gasteiger partial charge in [0.25, 0.3) is 5.91 Å². The first-order chi connectivity index (χ1) is 13.0. The number of fused-ring (bicyclic) bond motifs is 3. The summed E-state index contributed by atoms with van der Waals surface area (Å²) < 4.78 is 5.28. The Morgan fingerprint density at radius 1 is 1.19 bits per heavy atom. The topological polar surface area (TPSA) is 84.0 Å². The van der Waals surface area contributed by atoms with E-state index < -0.39 is 18.2 Å². The molecule has 2 aromatic rings. The van der Waals surface area contributed by atoms with Gasteiger partial charge in [0.2, 0.25) is 17.4 Å². The Balaban J connectivity index is 1.67. The van der Waals surface area contributed by atoms with Crippen molar-refractivity contribution in [2.24, 2.45) is 0 Å². The minimum atomic E-state index is -1.56. The number of anilines is 1. The van der Waals surface area contributed by atoms with Crippen LogP contribution in [0, 0.1) is 0 Å². The van der Waals surface area contributed by atoms with Crippen LogP contribution in [0.15, 0.2) is 41.8 Å². The zero-order chi connectivity index (χ0) is 19.2. The largest absolute Gasteiger partial charge is 0.454 e. The molecule has 1 fully saturated rings. The normalized spacial score (nSPS) is 21.1. The molecule has 0 unspecified atom stereocenters. The molecular formula is C19H16N2O5S. The van der Waals surface area contributed by atoms with Crippen LogP contribution < -0.4 is 4.90 Å². The number of thiophene rings is 1. The Morgan fingerprint density at radius 3 is 2.70 bits per heavy atom. The van der Waals surface area contributed by atoms with Crippen LogP contribution in [-0.2, 0) is 14.3 Å². The second kappa shape index (κ2) is 6.31. The lowest BCUT2D eigenvalue weighted by molar-refractivity contribution is -0.155. The number of hydrogen-bond acceptors (Lipinski definition) is 6. The highest BCUT2D eigenvalue weighted by atomic mass is 32.1. The van der Waals surface area contributed by atoms with Crippen molar-refractivity contribution in [3.05, 3.63) is 52.2 Å². The lowest BCUT2D eigenvalue weighted by Gasteiger charge is -2.46. The average Bonchev–Trinajstić information content (AvgIpc) is 3.33. The molecule has 1 atom stereocenters. The van der Waals surface area contributed by atoms with E-state index in [1.54, 1.807) is 41.8 Å². The van der Waals surface area contributed by atoms with Crippen molar-refractivity contribution in [2.75, 3.05) is 18.6 Å². The Bertz CT molecular complexity index is 955. The number of para-hydroxylation sites is 1. The molecule has 0 saturated carbocycles. The number of hydrogen-bond donors (Lipinski definition) is 0. The van der Waals surface area contributed by atoms with Gasteiger partial charge in [0.1, 0.15) is 0 Å². The summed E-state index contributed by atoms with van der Waals surface area (Å²) in [6.07, 6.45) is 0.231. The summed E-state index contributed by atoms with van der Waals surface area (Å²) in [5.41, 5.74) is -0.809. The quantitative estimate of drug-likeness (QED) is 0.595. The summed E-state index contributed by atoms with van der Waals surface area (Å²) in [7, 11) is 1.48. The number of amides is 2. The summed E-state index contributed by atoms with van der Waals surface area (Å²) >= 11 is 1.26. The lowest BCUT2D eigenvalue weighted by Crippen LogP contribution is -2.67. The molecule has 2 amide bonds. The first-order valence-corrected chi connectivity index (χ1v) is 9.29. The molecule has 0 N–H and O–H groups in total. The molecule has 1 aromatic carbocycles. The molecule has 0 bridgehead atoms. The van der Waals surface area contributed by atoms with Crippen LogP contribution >= 0.6 is 11.3 Å². The van der Waals surface area contributed by atoms with Gasteiger partial charge in [0, 0.05) is 19.9 Å². The van der Waals surface area contributed by atoms with E-state index >= 15 is 0 Å². The number of carbonyl (C=O) groups excluding carboxylic acids is 4. The fraction of sp³-hybridized carbons (Fsp3) is 0.263. The average molecular weight is 384 g/mol. The highest BCUT2D eigenvalue weighted by Gasteiger charge is 2.60. The molecule has 0 radical (unpaired) electrons. The molecule has 0 spiro atoms. The van der Waals surface area contributed by atoms with Gasteiger partial charge in [0.15, 0.2) is 6.61 Å². The van der Waals surface area contributed by atoms with Crippen molar-refractivity contribution >= 4 is 40.6 Å². The Hall–Kier alpha value is -3.00. The number of rotatable bonds is 4. The number of carbonyl (C=O) groups is 4. The molecule has 4 rings (SSSR count). The molecule has 2 aliphatic heterocycles. The molecule has 1 aromatic heterocycles. The maximum atomic E-state index is 13.0. The number of Topliss-reactive ketones (excluding diaryl/α,β-unsaturated/α-hetero) is 1. The minimum Gasteiger partial charge on any atom is -0.454 e. The first kappa shape index (κ1) is 17.4. The maximum Gasteiger partial charge on any atom is 0.354 e. The van der Waals surface area contributed by atoms with E-state index in [2.05, 4.69) is 0 Å². The number of esters is 1. The zero-order valence-corrected chi connectivity index (χ0v) is 15.3. The Kier molecular flexibility index (Phi) is 4.07. The second-order valence-corrected chi connectivity index (χ2v) is 7.35. The number of benzene rings is 1. The van der Waals surface area contributed by atoms with Gasteiger partial charge in [-0.25, -0.2) is 4.79 Å². The minimum absolute atomic E-state index is 0.111. The molecule has 138 valence electrons. The lowest BCUT2D eigenvalue weighted by atomic mass is 9.97. The van der Waals surface area contributed by atoms with Crippen molar-refractivity contribution < 1.29 is 23.9 Å². The maximum absolute atomic E-state index is 13.0. The van der Waals surface area contributed by atoms with Crippen LogP contribution in [0.3, 0.4) is 0 Å². The van der Waals surface area contributed by atoms with E-state index in [-0.39, 0.29) is 30.4 Å². The number of likely N-dealkylation sites (N-methyl/N-ethyl adjacent to an activating group) is 1. The van der Waals surface area contributed by atoms with E-state index in [0.717, 1.165) is 0 Å². The van der Waals surface area contributed by atoms with Crippen LogP contribution in [0.1, 0.15) is 32.9 Å². The molecular weight excluding hydrogens is 368 g/mol. The van der Waals surface area contributed by atoms with Gasteiger partial charge in [-0.05, 0) is 23.6 Å². The Morgan fingerprint density at radius 2 is 1.96 bits per heavy atom. The van der Waals surface area contributed by atoms with Crippen molar-refractivity contribution in [2.45, 2.75) is 18.5 Å². The first-order valence-electron chi connectivity index (χ1n) is 8.41. The summed E-state index contributed by atoms with van der Waals surface area (Å²) in [4.78, 5) is 53.6. The van der Waals surface area contributed by atoms with Gasteiger partial charge in [-0.2, -0.15) is 0 Å².